The van der Waals surface area contributed by atoms with Crippen molar-refractivity contribution < 1.29 is 14.4 Å². The van der Waals surface area contributed by atoms with Gasteiger partial charge in [0.2, 0.25) is 11.8 Å². The average molecular weight is 397 g/mol. The molecule has 3 atom stereocenters. The molecular weight excluding hydrogens is 352 g/mol. The molecule has 0 saturated heterocycles. The lowest BCUT2D eigenvalue weighted by molar-refractivity contribution is -0.131. The summed E-state index contributed by atoms with van der Waals surface area (Å²) in [4.78, 5) is 37.0. The number of Topliss-reactive ketones (excluding diaryl/α,β-unsaturated/α-hetero) is 1. The Labute approximate surface area is 172 Å². The third kappa shape index (κ3) is 12.9. The van der Waals surface area contributed by atoms with E-state index >= 15 is 0 Å². The van der Waals surface area contributed by atoms with E-state index in [0.29, 0.717) is 12.8 Å². The van der Waals surface area contributed by atoms with Gasteiger partial charge in [-0.15, -0.1) is 0 Å². The molecule has 0 saturated carbocycles. The quantitative estimate of drug-likeness (QED) is 0.343. The van der Waals surface area contributed by atoms with Crippen LogP contribution in [0.25, 0.3) is 0 Å². The zero-order valence-electron chi connectivity index (χ0n) is 18.9. The van der Waals surface area contributed by atoms with Crippen LogP contribution in [0.2, 0.25) is 0 Å². The second-order valence-electron chi connectivity index (χ2n) is 8.21. The van der Waals surface area contributed by atoms with Crippen LogP contribution < -0.4 is 10.6 Å². The SMILES string of the molecule is CCCCCC(C)C(=O)NC(CCCCC)C(=O)NC(CCCC)CC(C)=O. The first kappa shape index (κ1) is 26.6. The fourth-order valence-electron chi connectivity index (χ4n) is 3.34. The highest BCUT2D eigenvalue weighted by molar-refractivity contribution is 5.88. The minimum atomic E-state index is -0.510. The number of ketones is 1. The number of amides is 2. The Hall–Kier alpha value is -1.39. The number of rotatable bonds is 17. The molecule has 2 N–H and O–H groups in total. The average Bonchev–Trinajstić information content (AvgIpc) is 2.64. The van der Waals surface area contributed by atoms with E-state index < -0.39 is 6.04 Å². The van der Waals surface area contributed by atoms with Crippen molar-refractivity contribution in [1.29, 1.82) is 0 Å². The van der Waals surface area contributed by atoms with Crippen molar-refractivity contribution in [3.05, 3.63) is 0 Å². The number of hydrogen-bond acceptors (Lipinski definition) is 3. The zero-order valence-corrected chi connectivity index (χ0v) is 18.9. The van der Waals surface area contributed by atoms with Gasteiger partial charge in [-0.3, -0.25) is 14.4 Å². The van der Waals surface area contributed by atoms with E-state index in [1.807, 2.05) is 6.92 Å². The van der Waals surface area contributed by atoms with E-state index in [9.17, 15) is 14.4 Å². The Balaban J connectivity index is 4.90. The van der Waals surface area contributed by atoms with Crippen LogP contribution in [0.4, 0.5) is 0 Å². The number of carbonyl (C=O) groups excluding carboxylic acids is 3. The lowest BCUT2D eigenvalue weighted by atomic mass is 10.00. The minimum absolute atomic E-state index is 0.0376. The van der Waals surface area contributed by atoms with Crippen LogP contribution in [-0.2, 0) is 14.4 Å². The highest BCUT2D eigenvalue weighted by Crippen LogP contribution is 2.12. The number of hydrogen-bond donors (Lipinski definition) is 2. The third-order valence-corrected chi connectivity index (χ3v) is 5.20. The van der Waals surface area contributed by atoms with Crippen molar-refractivity contribution in [2.24, 2.45) is 5.92 Å². The first-order valence-corrected chi connectivity index (χ1v) is 11.5. The van der Waals surface area contributed by atoms with Gasteiger partial charge in [-0.25, -0.2) is 0 Å². The number of unbranched alkanes of at least 4 members (excludes halogenated alkanes) is 5. The fourth-order valence-corrected chi connectivity index (χ4v) is 3.34. The van der Waals surface area contributed by atoms with Gasteiger partial charge in [0.1, 0.15) is 11.8 Å². The molecule has 0 spiro atoms. The highest BCUT2D eigenvalue weighted by atomic mass is 16.2. The third-order valence-electron chi connectivity index (χ3n) is 5.20. The van der Waals surface area contributed by atoms with Crippen molar-refractivity contribution in [2.75, 3.05) is 0 Å². The smallest absolute Gasteiger partial charge is 0.242 e. The van der Waals surface area contributed by atoms with Gasteiger partial charge in [-0.05, 0) is 26.2 Å². The molecule has 0 radical (unpaired) electrons. The summed E-state index contributed by atoms with van der Waals surface area (Å²) in [7, 11) is 0. The Bertz CT molecular complexity index is 451. The van der Waals surface area contributed by atoms with Gasteiger partial charge in [-0.1, -0.05) is 79.1 Å². The lowest BCUT2D eigenvalue weighted by Crippen LogP contribution is -2.51. The van der Waals surface area contributed by atoms with E-state index in [2.05, 4.69) is 31.4 Å². The Morgan fingerprint density at radius 2 is 1.29 bits per heavy atom. The van der Waals surface area contributed by atoms with E-state index in [-0.39, 0.29) is 29.6 Å². The van der Waals surface area contributed by atoms with Crippen LogP contribution in [0.15, 0.2) is 0 Å². The molecule has 0 aliphatic carbocycles. The van der Waals surface area contributed by atoms with Gasteiger partial charge < -0.3 is 10.6 Å². The van der Waals surface area contributed by atoms with Gasteiger partial charge in [-0.2, -0.15) is 0 Å². The van der Waals surface area contributed by atoms with Gasteiger partial charge >= 0.3 is 0 Å². The maximum absolute atomic E-state index is 12.9. The van der Waals surface area contributed by atoms with Crippen LogP contribution in [0.3, 0.4) is 0 Å². The largest absolute Gasteiger partial charge is 0.351 e. The van der Waals surface area contributed by atoms with E-state index in [1.54, 1.807) is 6.92 Å². The number of nitrogens with one attached hydrogen (secondary N) is 2. The molecular formula is C23H44N2O3. The molecule has 0 aromatic rings. The van der Waals surface area contributed by atoms with E-state index in [4.69, 9.17) is 0 Å². The minimum Gasteiger partial charge on any atom is -0.351 e. The summed E-state index contributed by atoms with van der Waals surface area (Å²) in [6.07, 6.45) is 11.0. The molecule has 0 bridgehead atoms. The molecule has 0 aromatic heterocycles. The summed E-state index contributed by atoms with van der Waals surface area (Å²) in [6.45, 7) is 9.86. The van der Waals surface area contributed by atoms with Crippen LogP contribution in [-0.4, -0.2) is 29.7 Å². The molecule has 5 nitrogen and oxygen atoms in total. The van der Waals surface area contributed by atoms with Crippen LogP contribution in [0.5, 0.6) is 0 Å². The highest BCUT2D eigenvalue weighted by Gasteiger charge is 2.25. The molecule has 0 aliphatic rings. The Kier molecular flexibility index (Phi) is 15.7. The maximum atomic E-state index is 12.9. The van der Waals surface area contributed by atoms with E-state index in [1.165, 1.54) is 0 Å². The second kappa shape index (κ2) is 16.6. The monoisotopic (exact) mass is 396 g/mol. The molecule has 0 fully saturated rings. The first-order chi connectivity index (χ1) is 13.3. The maximum Gasteiger partial charge on any atom is 0.242 e. The van der Waals surface area contributed by atoms with Crippen molar-refractivity contribution in [3.63, 3.8) is 0 Å². The number of carbonyl (C=O) groups is 3. The Morgan fingerprint density at radius 1 is 0.714 bits per heavy atom. The normalized spacial score (nSPS) is 14.2. The molecule has 28 heavy (non-hydrogen) atoms. The summed E-state index contributed by atoms with van der Waals surface area (Å²) in [5, 5.41) is 6.01. The summed E-state index contributed by atoms with van der Waals surface area (Å²) < 4.78 is 0. The molecule has 0 aromatic carbocycles. The van der Waals surface area contributed by atoms with Gasteiger partial charge in [0, 0.05) is 18.4 Å². The van der Waals surface area contributed by atoms with Crippen molar-refractivity contribution >= 4 is 17.6 Å². The standard InChI is InChI=1S/C23H44N2O3/c1-6-9-12-14-18(4)22(27)25-21(16-13-10-7-2)23(28)24-20(15-11-8-3)17-19(5)26/h18,20-21H,6-17H2,1-5H3,(H,24,28)(H,25,27). The van der Waals surface area contributed by atoms with Crippen LogP contribution in [0.1, 0.15) is 112 Å². The van der Waals surface area contributed by atoms with Crippen molar-refractivity contribution in [3.8, 4) is 0 Å². The summed E-state index contributed by atoms with van der Waals surface area (Å²) in [5.74, 6) is -0.185. The van der Waals surface area contributed by atoms with Gasteiger partial charge in [0.05, 0.1) is 0 Å². The molecule has 0 aliphatic heterocycles. The molecule has 3 unspecified atom stereocenters. The van der Waals surface area contributed by atoms with Crippen LogP contribution in [0, 0.1) is 5.92 Å². The predicted molar refractivity (Wildman–Crippen MR) is 116 cm³/mol. The molecule has 5 heteroatoms. The van der Waals surface area contributed by atoms with Crippen molar-refractivity contribution in [1.82, 2.24) is 10.6 Å². The molecule has 164 valence electrons. The predicted octanol–water partition coefficient (Wildman–Crippen LogP) is 4.92. The van der Waals surface area contributed by atoms with Crippen LogP contribution >= 0.6 is 0 Å². The molecule has 2 amide bonds. The van der Waals surface area contributed by atoms with E-state index in [0.717, 1.165) is 64.2 Å². The first-order valence-electron chi connectivity index (χ1n) is 11.5. The second-order valence-corrected chi connectivity index (χ2v) is 8.21. The Morgan fingerprint density at radius 3 is 1.82 bits per heavy atom. The molecule has 0 rings (SSSR count). The van der Waals surface area contributed by atoms with Gasteiger partial charge in [0.25, 0.3) is 0 Å². The summed E-state index contributed by atoms with van der Waals surface area (Å²) in [5.41, 5.74) is 0. The summed E-state index contributed by atoms with van der Waals surface area (Å²) in [6, 6.07) is -0.652. The van der Waals surface area contributed by atoms with Gasteiger partial charge in [0.15, 0.2) is 0 Å². The lowest BCUT2D eigenvalue weighted by Gasteiger charge is -2.24. The fraction of sp³-hybridized carbons (Fsp3) is 0.870. The molecule has 0 heterocycles. The summed E-state index contributed by atoms with van der Waals surface area (Å²) >= 11 is 0. The van der Waals surface area contributed by atoms with Crippen molar-refractivity contribution in [2.45, 2.75) is 124 Å². The topological polar surface area (TPSA) is 75.3 Å². The zero-order chi connectivity index (χ0) is 21.4.